The highest BCUT2D eigenvalue weighted by Gasteiger charge is 2.56. The normalized spacial score (nSPS) is 20.7. The minimum atomic E-state index is -0.496. The summed E-state index contributed by atoms with van der Waals surface area (Å²) in [5.41, 5.74) is 2.17. The molecule has 28 heavy (non-hydrogen) atoms. The summed E-state index contributed by atoms with van der Waals surface area (Å²) < 4.78 is 7.32. The molecular weight excluding hydrogens is 420 g/mol. The van der Waals surface area contributed by atoms with Crippen LogP contribution in [0.2, 0.25) is 0 Å². The minimum Gasteiger partial charge on any atom is -1.00 e. The summed E-state index contributed by atoms with van der Waals surface area (Å²) in [5, 5.41) is 0. The Labute approximate surface area is 175 Å². The number of Topliss-reactive ketones (excluding diaryl/α,β-unsaturated/α-hetero) is 2. The van der Waals surface area contributed by atoms with Gasteiger partial charge < -0.3 is 21.7 Å². The molecule has 2 unspecified atom stereocenters. The van der Waals surface area contributed by atoms with Gasteiger partial charge in [0.2, 0.25) is 29.5 Å². The lowest BCUT2D eigenvalue weighted by atomic mass is 9.82. The molecule has 1 heterocycles. The van der Waals surface area contributed by atoms with Gasteiger partial charge >= 0.3 is 0 Å². The van der Waals surface area contributed by atoms with Gasteiger partial charge in [-0.25, -0.2) is 9.48 Å². The number of amidine groups is 1. The van der Waals surface area contributed by atoms with Crippen LogP contribution in [0.5, 0.6) is 0 Å². The third-order valence-electron chi connectivity index (χ3n) is 5.53. The summed E-state index contributed by atoms with van der Waals surface area (Å²) in [5.74, 6) is 0.979. The van der Waals surface area contributed by atoms with E-state index in [0.717, 1.165) is 11.4 Å². The van der Waals surface area contributed by atoms with Crippen LogP contribution in [-0.2, 0) is 11.3 Å². The predicted molar refractivity (Wildman–Crippen MR) is 102 cm³/mol. The Kier molecular flexibility index (Phi) is 6.10. The fraction of sp³-hybridized carbons (Fsp3) is 0.318. The smallest absolute Gasteiger partial charge is 0.245 e. The van der Waals surface area contributed by atoms with Gasteiger partial charge in [-0.05, 0) is 5.56 Å². The van der Waals surface area contributed by atoms with Crippen LogP contribution in [0.1, 0.15) is 33.2 Å². The van der Waals surface area contributed by atoms with Crippen LogP contribution in [0.3, 0.4) is 0 Å². The molecule has 6 heteroatoms. The van der Waals surface area contributed by atoms with E-state index in [-0.39, 0.29) is 28.5 Å². The highest BCUT2D eigenvalue weighted by Crippen LogP contribution is 2.31. The van der Waals surface area contributed by atoms with E-state index < -0.39 is 12.1 Å². The topological polar surface area (TPSA) is 49.6 Å². The van der Waals surface area contributed by atoms with Crippen LogP contribution in [0, 0.1) is 0 Å². The Morgan fingerprint density at radius 2 is 1.57 bits per heavy atom. The van der Waals surface area contributed by atoms with Crippen molar-refractivity contribution in [2.24, 2.45) is 0 Å². The van der Waals surface area contributed by atoms with Crippen LogP contribution in [0.25, 0.3) is 0 Å². The second-order valence-electron chi connectivity index (χ2n) is 7.01. The number of hydrogen-bond donors (Lipinski definition) is 0. The largest absolute Gasteiger partial charge is 1.00 e. The molecule has 1 aliphatic carbocycles. The molecule has 2 aromatic rings. The first-order valence-electron chi connectivity index (χ1n) is 9.20. The summed E-state index contributed by atoms with van der Waals surface area (Å²) in [6.07, 6.45) is 0. The van der Waals surface area contributed by atoms with Crippen LogP contribution in [-0.4, -0.2) is 59.2 Å². The van der Waals surface area contributed by atoms with Crippen molar-refractivity contribution in [3.8, 4) is 0 Å². The maximum atomic E-state index is 13.3. The summed E-state index contributed by atoms with van der Waals surface area (Å²) in [6, 6.07) is 16.2. The average Bonchev–Trinajstić information content (AvgIpc) is 2.97. The van der Waals surface area contributed by atoms with E-state index >= 15 is 0 Å². The average molecular weight is 443 g/mol. The van der Waals surface area contributed by atoms with Crippen LogP contribution >= 0.6 is 0 Å². The van der Waals surface area contributed by atoms with Gasteiger partial charge in [-0.3, -0.25) is 9.59 Å². The van der Waals surface area contributed by atoms with Crippen molar-refractivity contribution in [3.05, 3.63) is 71.3 Å². The van der Waals surface area contributed by atoms with E-state index in [2.05, 4.69) is 4.58 Å². The van der Waals surface area contributed by atoms with E-state index in [1.807, 2.05) is 54.3 Å². The van der Waals surface area contributed by atoms with Gasteiger partial charge in [-0.15, -0.1) is 0 Å². The molecule has 2 aliphatic rings. The Morgan fingerprint density at radius 3 is 2.21 bits per heavy atom. The lowest BCUT2D eigenvalue weighted by Crippen LogP contribution is -3.00. The van der Waals surface area contributed by atoms with E-state index in [0.29, 0.717) is 30.8 Å². The Hall–Kier alpha value is -2.31. The maximum Gasteiger partial charge on any atom is 0.245 e. The van der Waals surface area contributed by atoms with Gasteiger partial charge in [0, 0.05) is 25.2 Å². The van der Waals surface area contributed by atoms with E-state index in [9.17, 15) is 9.59 Å². The molecule has 0 saturated carbocycles. The number of fused-ring (bicyclic) bond motifs is 2. The lowest BCUT2D eigenvalue weighted by molar-refractivity contribution is -0.558. The summed E-state index contributed by atoms with van der Waals surface area (Å²) in [7, 11) is 1.65. The molecule has 0 bridgehead atoms. The first-order valence-corrected chi connectivity index (χ1v) is 9.20. The number of methoxy groups -OCH3 is 1. The highest BCUT2D eigenvalue weighted by atomic mass is 79.9. The lowest BCUT2D eigenvalue weighted by Gasteiger charge is -2.27. The second kappa shape index (κ2) is 8.37. The number of rotatable bonds is 5. The number of hydrogen-bond acceptors (Lipinski definition) is 4. The zero-order chi connectivity index (χ0) is 19.0. The molecule has 5 nitrogen and oxygen atoms in total. The zero-order valence-electron chi connectivity index (χ0n) is 16.0. The van der Waals surface area contributed by atoms with Crippen LogP contribution in [0.4, 0.5) is 0 Å². The van der Waals surface area contributed by atoms with Gasteiger partial charge in [-0.1, -0.05) is 54.6 Å². The predicted octanol–water partition coefficient (Wildman–Crippen LogP) is -0.600. The first kappa shape index (κ1) is 20.4. The molecule has 0 aromatic heterocycles. The number of nitrogens with zero attached hydrogens (tertiary/aromatic N) is 2. The first-order chi connectivity index (χ1) is 13.1. The third-order valence-corrected chi connectivity index (χ3v) is 5.53. The van der Waals surface area contributed by atoms with Crippen molar-refractivity contribution in [2.45, 2.75) is 25.6 Å². The van der Waals surface area contributed by atoms with Crippen molar-refractivity contribution in [2.75, 3.05) is 20.3 Å². The monoisotopic (exact) mass is 442 g/mol. The van der Waals surface area contributed by atoms with Crippen LogP contribution < -0.4 is 17.0 Å². The molecule has 146 valence electrons. The van der Waals surface area contributed by atoms with Gasteiger partial charge in [0.05, 0.1) is 6.61 Å². The fourth-order valence-electron chi connectivity index (χ4n) is 4.19. The molecule has 0 saturated heterocycles. The van der Waals surface area contributed by atoms with Crippen LogP contribution in [0.15, 0.2) is 54.6 Å². The molecule has 0 fully saturated rings. The van der Waals surface area contributed by atoms with E-state index in [1.165, 1.54) is 0 Å². The molecule has 1 aliphatic heterocycles. The third kappa shape index (κ3) is 3.31. The SMILES string of the molecule is COCCN1C(C)=[N+](Cc2ccccc2)C2C(=O)c3ccccc3C(=O)C21.[Br-]. The van der Waals surface area contributed by atoms with Gasteiger partial charge in [0.15, 0.2) is 0 Å². The highest BCUT2D eigenvalue weighted by molar-refractivity contribution is 6.20. The quantitative estimate of drug-likeness (QED) is 0.580. The number of ketones is 2. The Bertz CT molecular complexity index is 926. The molecule has 0 N–H and O–H groups in total. The van der Waals surface area contributed by atoms with Gasteiger partial charge in [-0.2, -0.15) is 0 Å². The number of carbonyl (C=O) groups excluding carboxylic acids is 2. The van der Waals surface area contributed by atoms with Gasteiger partial charge in [0.25, 0.3) is 0 Å². The second-order valence-corrected chi connectivity index (χ2v) is 7.01. The fourth-order valence-corrected chi connectivity index (χ4v) is 4.19. The Balaban J connectivity index is 0.00000225. The summed E-state index contributed by atoms with van der Waals surface area (Å²) in [4.78, 5) is 28.7. The van der Waals surface area contributed by atoms with Crippen molar-refractivity contribution in [3.63, 3.8) is 0 Å². The van der Waals surface area contributed by atoms with Crippen molar-refractivity contribution < 1.29 is 35.9 Å². The maximum absolute atomic E-state index is 13.3. The standard InChI is InChI=1S/C22H23N2O3.BrH/c1-15-23(12-13-27-2)19-20(24(15)14-16-8-4-3-5-9-16)22(26)18-11-7-6-10-17(18)21(19)25;/h3-11,19-20H,12-14H2,1-2H3;1H/q+1;/p-1. The molecule has 2 aromatic carbocycles. The number of halogens is 1. The Morgan fingerprint density at radius 1 is 0.964 bits per heavy atom. The molecule has 0 amide bonds. The summed E-state index contributed by atoms with van der Waals surface area (Å²) >= 11 is 0. The summed E-state index contributed by atoms with van der Waals surface area (Å²) in [6.45, 7) is 3.67. The molecule has 0 radical (unpaired) electrons. The minimum absolute atomic E-state index is 0. The molecule has 2 atom stereocenters. The number of carbonyl (C=O) groups is 2. The molecular formula is C22H23BrN2O3. The van der Waals surface area contributed by atoms with Crippen molar-refractivity contribution >= 4 is 17.4 Å². The van der Waals surface area contributed by atoms with E-state index in [4.69, 9.17) is 4.74 Å². The van der Waals surface area contributed by atoms with E-state index in [1.54, 1.807) is 19.2 Å². The van der Waals surface area contributed by atoms with Crippen molar-refractivity contribution in [1.82, 2.24) is 4.90 Å². The zero-order valence-corrected chi connectivity index (χ0v) is 17.6. The van der Waals surface area contributed by atoms with Gasteiger partial charge in [0.1, 0.15) is 13.1 Å². The number of benzene rings is 2. The molecule has 4 rings (SSSR count). The molecule has 0 spiro atoms. The number of ether oxygens (including phenoxy) is 1. The van der Waals surface area contributed by atoms with Crippen molar-refractivity contribution in [1.29, 1.82) is 0 Å².